The van der Waals surface area contributed by atoms with Crippen molar-refractivity contribution in [1.29, 1.82) is 0 Å². The van der Waals surface area contributed by atoms with Crippen molar-refractivity contribution in [2.45, 2.75) is 33.2 Å². The van der Waals surface area contributed by atoms with E-state index in [2.05, 4.69) is 36.7 Å². The van der Waals surface area contributed by atoms with E-state index in [-0.39, 0.29) is 6.04 Å². The van der Waals surface area contributed by atoms with Gasteiger partial charge in [0.15, 0.2) is 0 Å². The Labute approximate surface area is 183 Å². The molecule has 2 aromatic carbocycles. The molecule has 0 saturated carbocycles. The molecule has 2 heterocycles. The second kappa shape index (κ2) is 8.60. The number of hydrogen-bond acceptors (Lipinski definition) is 4. The third-order valence-corrected chi connectivity index (χ3v) is 6.06. The molecular weight excluding hydrogens is 388 g/mol. The Morgan fingerprint density at radius 2 is 1.68 bits per heavy atom. The van der Waals surface area contributed by atoms with Crippen LogP contribution in [-0.2, 0) is 4.74 Å². The molecular formula is C26H30N2O3. The summed E-state index contributed by atoms with van der Waals surface area (Å²) in [4.78, 5) is 4.83. The molecule has 0 aliphatic carbocycles. The van der Waals surface area contributed by atoms with Crippen molar-refractivity contribution in [3.63, 3.8) is 0 Å². The zero-order chi connectivity index (χ0) is 22.1. The smallest absolute Gasteiger partial charge is 0.130 e. The SMILES string of the molecule is CCC(COC)n1ccc2c(C)cc3c(-c4c(OC)cc(C)cc4OC)ccnc3c21. The summed E-state index contributed by atoms with van der Waals surface area (Å²) in [6.07, 6.45) is 5.01. The number of rotatable bonds is 7. The fourth-order valence-corrected chi connectivity index (χ4v) is 4.54. The third kappa shape index (κ3) is 3.53. The van der Waals surface area contributed by atoms with Crippen molar-refractivity contribution in [3.05, 3.63) is 53.9 Å². The summed E-state index contributed by atoms with van der Waals surface area (Å²) in [6.45, 7) is 7.05. The number of nitrogens with zero attached hydrogens (tertiary/aromatic N) is 2. The van der Waals surface area contributed by atoms with Crippen molar-refractivity contribution >= 4 is 21.8 Å². The van der Waals surface area contributed by atoms with Gasteiger partial charge in [0.25, 0.3) is 0 Å². The van der Waals surface area contributed by atoms with E-state index in [1.165, 1.54) is 10.9 Å². The second-order valence-electron chi connectivity index (χ2n) is 8.00. The number of pyridine rings is 1. The Morgan fingerprint density at radius 3 is 2.29 bits per heavy atom. The van der Waals surface area contributed by atoms with Crippen LogP contribution in [0, 0.1) is 13.8 Å². The molecule has 1 atom stereocenters. The van der Waals surface area contributed by atoms with Crippen LogP contribution in [0.3, 0.4) is 0 Å². The molecule has 0 aliphatic heterocycles. The second-order valence-corrected chi connectivity index (χ2v) is 8.00. The largest absolute Gasteiger partial charge is 0.496 e. The summed E-state index contributed by atoms with van der Waals surface area (Å²) in [7, 11) is 5.16. The maximum absolute atomic E-state index is 5.76. The highest BCUT2D eigenvalue weighted by Crippen LogP contribution is 2.44. The van der Waals surface area contributed by atoms with Crippen LogP contribution >= 0.6 is 0 Å². The molecule has 4 aromatic rings. The zero-order valence-corrected chi connectivity index (χ0v) is 19.2. The number of hydrogen-bond donors (Lipinski definition) is 0. The van der Waals surface area contributed by atoms with Gasteiger partial charge in [-0.3, -0.25) is 4.98 Å². The molecule has 4 rings (SSSR count). The van der Waals surface area contributed by atoms with Crippen LogP contribution < -0.4 is 9.47 Å². The number of benzene rings is 2. The number of methoxy groups -OCH3 is 3. The van der Waals surface area contributed by atoms with Crippen LogP contribution in [-0.4, -0.2) is 37.5 Å². The minimum absolute atomic E-state index is 0.251. The lowest BCUT2D eigenvalue weighted by Crippen LogP contribution is -2.13. The van der Waals surface area contributed by atoms with E-state index in [1.807, 2.05) is 31.3 Å². The van der Waals surface area contributed by atoms with Crippen LogP contribution in [0.1, 0.15) is 30.5 Å². The molecule has 0 bridgehead atoms. The van der Waals surface area contributed by atoms with Crippen LogP contribution in [0.15, 0.2) is 42.7 Å². The molecule has 0 radical (unpaired) electrons. The van der Waals surface area contributed by atoms with Crippen molar-refractivity contribution in [1.82, 2.24) is 9.55 Å². The number of aryl methyl sites for hydroxylation is 2. The van der Waals surface area contributed by atoms with Gasteiger partial charge in [0.05, 0.1) is 43.5 Å². The van der Waals surface area contributed by atoms with E-state index in [9.17, 15) is 0 Å². The summed E-state index contributed by atoms with van der Waals surface area (Å²) >= 11 is 0. The number of ether oxygens (including phenoxy) is 3. The molecule has 0 amide bonds. The first kappa shape index (κ1) is 21.2. The predicted octanol–water partition coefficient (Wildman–Crippen LogP) is 6.09. The zero-order valence-electron chi connectivity index (χ0n) is 19.2. The Morgan fingerprint density at radius 1 is 0.968 bits per heavy atom. The maximum atomic E-state index is 5.76. The summed E-state index contributed by atoms with van der Waals surface area (Å²) < 4.78 is 19.3. The van der Waals surface area contributed by atoms with Crippen molar-refractivity contribution < 1.29 is 14.2 Å². The fourth-order valence-electron chi connectivity index (χ4n) is 4.54. The van der Waals surface area contributed by atoms with E-state index < -0.39 is 0 Å². The van der Waals surface area contributed by atoms with Gasteiger partial charge in [-0.05, 0) is 61.7 Å². The average molecular weight is 419 g/mol. The summed E-state index contributed by atoms with van der Waals surface area (Å²) in [5, 5.41) is 2.30. The lowest BCUT2D eigenvalue weighted by Gasteiger charge is -2.20. The van der Waals surface area contributed by atoms with Crippen LogP contribution in [0.5, 0.6) is 11.5 Å². The average Bonchev–Trinajstić information content (AvgIpc) is 3.22. The Kier molecular flexibility index (Phi) is 5.88. The molecule has 31 heavy (non-hydrogen) atoms. The highest BCUT2D eigenvalue weighted by Gasteiger charge is 2.21. The molecule has 0 saturated heterocycles. The van der Waals surface area contributed by atoms with Gasteiger partial charge >= 0.3 is 0 Å². The van der Waals surface area contributed by atoms with Crippen molar-refractivity contribution in [2.24, 2.45) is 0 Å². The minimum Gasteiger partial charge on any atom is -0.496 e. The van der Waals surface area contributed by atoms with Gasteiger partial charge < -0.3 is 18.8 Å². The van der Waals surface area contributed by atoms with Gasteiger partial charge in [0, 0.05) is 35.8 Å². The molecule has 0 N–H and O–H groups in total. The van der Waals surface area contributed by atoms with Crippen LogP contribution in [0.25, 0.3) is 32.9 Å². The van der Waals surface area contributed by atoms with E-state index in [0.717, 1.165) is 51.0 Å². The topological polar surface area (TPSA) is 45.5 Å². The molecule has 5 nitrogen and oxygen atoms in total. The van der Waals surface area contributed by atoms with Gasteiger partial charge in [-0.25, -0.2) is 0 Å². The minimum atomic E-state index is 0.251. The first-order chi connectivity index (χ1) is 15.0. The normalized spacial score (nSPS) is 12.5. The standard InChI is InChI=1S/C26H30N2O3/c1-7-18(15-29-4)28-11-9-19-17(3)14-21-20(8-10-27-25(21)26(19)28)24-22(30-5)12-16(2)13-23(24)31-6/h8-14,18H,7,15H2,1-6H3. The predicted molar refractivity (Wildman–Crippen MR) is 126 cm³/mol. The Bertz CT molecular complexity index is 1220. The lowest BCUT2D eigenvalue weighted by molar-refractivity contribution is 0.155. The third-order valence-electron chi connectivity index (χ3n) is 6.06. The van der Waals surface area contributed by atoms with Gasteiger partial charge in [0.1, 0.15) is 11.5 Å². The summed E-state index contributed by atoms with van der Waals surface area (Å²) in [5.74, 6) is 1.59. The highest BCUT2D eigenvalue weighted by molar-refractivity contribution is 6.11. The first-order valence-corrected chi connectivity index (χ1v) is 10.6. The van der Waals surface area contributed by atoms with Gasteiger partial charge in [-0.1, -0.05) is 6.92 Å². The number of aromatic nitrogens is 2. The van der Waals surface area contributed by atoms with Gasteiger partial charge in [-0.15, -0.1) is 0 Å². The van der Waals surface area contributed by atoms with Gasteiger partial charge in [-0.2, -0.15) is 0 Å². The van der Waals surface area contributed by atoms with Crippen molar-refractivity contribution in [2.75, 3.05) is 27.9 Å². The summed E-state index contributed by atoms with van der Waals surface area (Å²) in [5.41, 5.74) is 6.43. The monoisotopic (exact) mass is 418 g/mol. The van der Waals surface area contributed by atoms with Gasteiger partial charge in [0.2, 0.25) is 0 Å². The van der Waals surface area contributed by atoms with Crippen molar-refractivity contribution in [3.8, 4) is 22.6 Å². The Hall–Kier alpha value is -3.05. The highest BCUT2D eigenvalue weighted by atomic mass is 16.5. The molecule has 1 unspecified atom stereocenters. The first-order valence-electron chi connectivity index (χ1n) is 10.6. The summed E-state index contributed by atoms with van der Waals surface area (Å²) in [6, 6.07) is 10.8. The molecule has 0 aliphatic rings. The fraction of sp³-hybridized carbons (Fsp3) is 0.346. The number of fused-ring (bicyclic) bond motifs is 3. The molecule has 0 fully saturated rings. The maximum Gasteiger partial charge on any atom is 0.130 e. The van der Waals surface area contributed by atoms with E-state index in [1.54, 1.807) is 21.3 Å². The van der Waals surface area contributed by atoms with E-state index in [4.69, 9.17) is 19.2 Å². The molecule has 0 spiro atoms. The van der Waals surface area contributed by atoms with Crippen LogP contribution in [0.2, 0.25) is 0 Å². The van der Waals surface area contributed by atoms with E-state index >= 15 is 0 Å². The Balaban J connectivity index is 2.09. The molecule has 5 heteroatoms. The van der Waals surface area contributed by atoms with E-state index in [0.29, 0.717) is 6.61 Å². The van der Waals surface area contributed by atoms with Crippen LogP contribution in [0.4, 0.5) is 0 Å². The lowest BCUT2D eigenvalue weighted by atomic mass is 9.95. The molecule has 2 aromatic heterocycles. The molecule has 162 valence electrons. The quantitative estimate of drug-likeness (QED) is 0.364.